The third kappa shape index (κ3) is 2.19. The summed E-state index contributed by atoms with van der Waals surface area (Å²) >= 11 is 3.29. The van der Waals surface area contributed by atoms with Crippen molar-refractivity contribution in [2.75, 3.05) is 0 Å². The predicted octanol–water partition coefficient (Wildman–Crippen LogP) is 2.20. The Kier molecular flexibility index (Phi) is 2.93. The third-order valence-corrected chi connectivity index (χ3v) is 2.63. The maximum Gasteiger partial charge on any atom is 0.356 e. The summed E-state index contributed by atoms with van der Waals surface area (Å²) in [6, 6.07) is 8.50. The Morgan fingerprint density at radius 1 is 1.47 bits per heavy atom. The molecule has 0 aliphatic carbocycles. The van der Waals surface area contributed by atoms with Gasteiger partial charge in [-0.15, -0.1) is 0 Å². The van der Waals surface area contributed by atoms with Gasteiger partial charge < -0.3 is 5.11 Å². The van der Waals surface area contributed by atoms with Gasteiger partial charge in [-0.1, -0.05) is 15.9 Å². The number of carboxylic acid groups (broad SMARTS) is 1. The molecule has 17 heavy (non-hydrogen) atoms. The van der Waals surface area contributed by atoms with E-state index in [1.807, 2.05) is 6.07 Å². The van der Waals surface area contributed by atoms with E-state index in [0.29, 0.717) is 11.3 Å². The normalized spacial score (nSPS) is 9.88. The molecule has 1 aromatic heterocycles. The lowest BCUT2D eigenvalue weighted by atomic mass is 10.2. The molecule has 1 aromatic carbocycles. The number of aromatic nitrogens is 2. The maximum absolute atomic E-state index is 10.7. The monoisotopic (exact) mass is 291 g/mol. The highest BCUT2D eigenvalue weighted by atomic mass is 79.9. The average Bonchev–Trinajstić information content (AvgIpc) is 2.78. The van der Waals surface area contributed by atoms with Crippen molar-refractivity contribution in [1.29, 1.82) is 5.26 Å². The first-order chi connectivity index (χ1) is 8.11. The number of rotatable bonds is 2. The zero-order valence-corrected chi connectivity index (χ0v) is 10.0. The molecule has 6 heteroatoms. The van der Waals surface area contributed by atoms with Crippen molar-refractivity contribution in [2.24, 2.45) is 0 Å². The Bertz CT molecular complexity index is 628. The quantitative estimate of drug-likeness (QED) is 0.920. The molecule has 0 radical (unpaired) electrons. The van der Waals surface area contributed by atoms with Crippen molar-refractivity contribution in [1.82, 2.24) is 9.78 Å². The summed E-state index contributed by atoms with van der Waals surface area (Å²) in [5.74, 6) is -1.10. The van der Waals surface area contributed by atoms with Crippen molar-refractivity contribution in [3.8, 4) is 11.8 Å². The lowest BCUT2D eigenvalue weighted by Crippen LogP contribution is -2.02. The average molecular weight is 292 g/mol. The summed E-state index contributed by atoms with van der Waals surface area (Å²) in [4.78, 5) is 10.7. The number of aromatic carboxylic acids is 1. The Morgan fingerprint density at radius 2 is 2.24 bits per heavy atom. The molecule has 2 rings (SSSR count). The predicted molar refractivity (Wildman–Crippen MR) is 62.9 cm³/mol. The first-order valence-corrected chi connectivity index (χ1v) is 5.40. The Balaban J connectivity index is 2.56. The van der Waals surface area contributed by atoms with E-state index in [4.69, 9.17) is 10.4 Å². The maximum atomic E-state index is 10.7. The molecule has 0 saturated carbocycles. The number of carbonyl (C=O) groups is 1. The molecule has 0 amide bonds. The van der Waals surface area contributed by atoms with Crippen LogP contribution in [-0.2, 0) is 0 Å². The molecule has 0 bridgehead atoms. The highest BCUT2D eigenvalue weighted by molar-refractivity contribution is 9.10. The molecule has 84 valence electrons. The second-order valence-corrected chi connectivity index (χ2v) is 4.14. The molecule has 0 saturated heterocycles. The fraction of sp³-hybridized carbons (Fsp3) is 0. The van der Waals surface area contributed by atoms with E-state index in [-0.39, 0.29) is 5.69 Å². The first kappa shape index (κ1) is 11.4. The van der Waals surface area contributed by atoms with Crippen LogP contribution in [0.15, 0.2) is 34.9 Å². The van der Waals surface area contributed by atoms with Gasteiger partial charge in [0.1, 0.15) is 6.07 Å². The Labute approximate surface area is 105 Å². The van der Waals surface area contributed by atoms with Gasteiger partial charge in [-0.05, 0) is 24.3 Å². The van der Waals surface area contributed by atoms with Crippen molar-refractivity contribution < 1.29 is 9.90 Å². The van der Waals surface area contributed by atoms with E-state index >= 15 is 0 Å². The van der Waals surface area contributed by atoms with E-state index in [1.165, 1.54) is 16.9 Å². The van der Waals surface area contributed by atoms with Crippen molar-refractivity contribution in [2.45, 2.75) is 0 Å². The van der Waals surface area contributed by atoms with Gasteiger partial charge >= 0.3 is 5.97 Å². The molecule has 1 N–H and O–H groups in total. The Hall–Kier alpha value is -2.13. The molecule has 0 aliphatic heterocycles. The molecule has 0 spiro atoms. The smallest absolute Gasteiger partial charge is 0.356 e. The molecule has 0 unspecified atom stereocenters. The summed E-state index contributed by atoms with van der Waals surface area (Å²) < 4.78 is 2.16. The summed E-state index contributed by atoms with van der Waals surface area (Å²) in [5.41, 5.74) is 0.900. The number of hydrogen-bond acceptors (Lipinski definition) is 3. The van der Waals surface area contributed by atoms with Gasteiger partial charge in [0, 0.05) is 10.7 Å². The van der Waals surface area contributed by atoms with Gasteiger partial charge in [0.15, 0.2) is 5.69 Å². The van der Waals surface area contributed by atoms with Crippen molar-refractivity contribution in [3.63, 3.8) is 0 Å². The Morgan fingerprint density at radius 3 is 2.82 bits per heavy atom. The van der Waals surface area contributed by atoms with Crippen LogP contribution < -0.4 is 0 Å². The standard InChI is InChI=1S/C11H6BrN3O2/c12-8-2-1-7(6-13)10(5-8)15-4-3-9(14-15)11(16)17/h1-5H,(H,16,17). The number of carboxylic acids is 1. The second-order valence-electron chi connectivity index (χ2n) is 3.22. The van der Waals surface area contributed by atoms with E-state index in [1.54, 1.807) is 18.2 Å². The molecular formula is C11H6BrN3O2. The molecular weight excluding hydrogens is 286 g/mol. The molecule has 1 heterocycles. The number of halogens is 1. The fourth-order valence-corrected chi connectivity index (χ4v) is 1.71. The number of hydrogen-bond donors (Lipinski definition) is 1. The highest BCUT2D eigenvalue weighted by Crippen LogP contribution is 2.19. The minimum absolute atomic E-state index is 0.0612. The minimum atomic E-state index is -1.10. The van der Waals surface area contributed by atoms with Gasteiger partial charge in [0.25, 0.3) is 0 Å². The molecule has 0 aliphatic rings. The number of benzene rings is 1. The number of nitriles is 1. The zero-order valence-electron chi connectivity index (χ0n) is 8.46. The zero-order chi connectivity index (χ0) is 12.4. The van der Waals surface area contributed by atoms with Crippen LogP contribution in [0.1, 0.15) is 16.1 Å². The SMILES string of the molecule is N#Cc1ccc(Br)cc1-n1ccc(C(=O)O)n1. The summed E-state index contributed by atoms with van der Waals surface area (Å²) in [5, 5.41) is 21.6. The van der Waals surface area contributed by atoms with Gasteiger partial charge in [0.2, 0.25) is 0 Å². The molecule has 0 fully saturated rings. The van der Waals surface area contributed by atoms with E-state index in [9.17, 15) is 4.79 Å². The van der Waals surface area contributed by atoms with Crippen LogP contribution in [0.5, 0.6) is 0 Å². The van der Waals surface area contributed by atoms with Crippen LogP contribution in [-0.4, -0.2) is 20.9 Å². The first-order valence-electron chi connectivity index (χ1n) is 4.61. The van der Waals surface area contributed by atoms with Crippen LogP contribution in [0.4, 0.5) is 0 Å². The topological polar surface area (TPSA) is 78.9 Å². The van der Waals surface area contributed by atoms with Crippen LogP contribution in [0.3, 0.4) is 0 Å². The van der Waals surface area contributed by atoms with Gasteiger partial charge in [-0.3, -0.25) is 0 Å². The van der Waals surface area contributed by atoms with E-state index in [0.717, 1.165) is 4.47 Å². The van der Waals surface area contributed by atoms with Crippen LogP contribution >= 0.6 is 15.9 Å². The molecule has 5 nitrogen and oxygen atoms in total. The third-order valence-electron chi connectivity index (χ3n) is 2.14. The lowest BCUT2D eigenvalue weighted by molar-refractivity contribution is 0.0690. The van der Waals surface area contributed by atoms with E-state index < -0.39 is 5.97 Å². The van der Waals surface area contributed by atoms with Crippen LogP contribution in [0.25, 0.3) is 5.69 Å². The van der Waals surface area contributed by atoms with Gasteiger partial charge in [-0.25, -0.2) is 9.48 Å². The number of nitrogens with zero attached hydrogens (tertiary/aromatic N) is 3. The largest absolute Gasteiger partial charge is 0.476 e. The van der Waals surface area contributed by atoms with Gasteiger partial charge in [0.05, 0.1) is 11.3 Å². The fourth-order valence-electron chi connectivity index (χ4n) is 1.36. The lowest BCUT2D eigenvalue weighted by Gasteiger charge is -2.04. The van der Waals surface area contributed by atoms with Crippen LogP contribution in [0, 0.1) is 11.3 Å². The summed E-state index contributed by atoms with van der Waals surface area (Å²) in [6.45, 7) is 0. The van der Waals surface area contributed by atoms with Crippen LogP contribution in [0.2, 0.25) is 0 Å². The molecule has 2 aromatic rings. The van der Waals surface area contributed by atoms with Gasteiger partial charge in [-0.2, -0.15) is 10.4 Å². The van der Waals surface area contributed by atoms with Crippen molar-refractivity contribution >= 4 is 21.9 Å². The molecule has 0 atom stereocenters. The highest BCUT2D eigenvalue weighted by Gasteiger charge is 2.10. The van der Waals surface area contributed by atoms with Crippen molar-refractivity contribution in [3.05, 3.63) is 46.2 Å². The van der Waals surface area contributed by atoms with E-state index in [2.05, 4.69) is 21.0 Å². The minimum Gasteiger partial charge on any atom is -0.476 e. The second kappa shape index (κ2) is 4.39. The summed E-state index contributed by atoms with van der Waals surface area (Å²) in [7, 11) is 0. The summed E-state index contributed by atoms with van der Waals surface area (Å²) in [6.07, 6.45) is 1.51.